The number of methoxy groups -OCH3 is 2. The van der Waals surface area contributed by atoms with Gasteiger partial charge < -0.3 is 49.2 Å². The standard InChI is InChI=1S/C47H66O13/c1-29-20-19-21-31(3)42(53)38(50)24-17-11-10-12-18-25-40(60-41(52)27-26-30(2)39(51)28-29)33(5)43(54)32(4)36(48)22-15-13-14-16-23-37(49)34(6)58-47-46(57-9)44(55)45(56-8)35(7)59-47/h10-24,26,28,32-35,37-40,43-47,49-51,54-55H,25,27H2,1-9H3/b11-10+,14-13+,18-12-,20-19+,22-15+,23-16+,24-17+,29-28+,30-26+,31-21+/t32?,33?,34?,35-,37?,38?,39?,40?,43?,44+,45+,46-,47-/m1/s1. The molecule has 0 aromatic heterocycles. The van der Waals surface area contributed by atoms with Gasteiger partial charge in [-0.25, -0.2) is 0 Å². The van der Waals surface area contributed by atoms with Crippen LogP contribution in [0.3, 0.4) is 0 Å². The van der Waals surface area contributed by atoms with Crippen LogP contribution in [-0.2, 0) is 38.1 Å². The molecule has 8 unspecified atom stereocenters. The van der Waals surface area contributed by atoms with E-state index >= 15 is 0 Å². The van der Waals surface area contributed by atoms with Gasteiger partial charge in [-0.15, -0.1) is 0 Å². The summed E-state index contributed by atoms with van der Waals surface area (Å²) in [6.07, 6.45) is 17.1. The maximum Gasteiger partial charge on any atom is 0.309 e. The van der Waals surface area contributed by atoms with Crippen molar-refractivity contribution in [2.24, 2.45) is 11.8 Å². The van der Waals surface area contributed by atoms with Gasteiger partial charge in [0.25, 0.3) is 0 Å². The fourth-order valence-corrected chi connectivity index (χ4v) is 6.31. The van der Waals surface area contributed by atoms with Crippen molar-refractivity contribution < 1.29 is 63.6 Å². The number of esters is 1. The monoisotopic (exact) mass is 838 g/mol. The molecule has 13 heteroatoms. The second kappa shape index (κ2) is 26.9. The van der Waals surface area contributed by atoms with Crippen molar-refractivity contribution in [3.63, 3.8) is 0 Å². The number of Topliss-reactive ketones (excluding diaryl/α,β-unsaturated/α-hetero) is 1. The molecule has 1 saturated heterocycles. The zero-order valence-corrected chi connectivity index (χ0v) is 36.2. The molecule has 0 amide bonds. The maximum atomic E-state index is 13.1. The second-order valence-corrected chi connectivity index (χ2v) is 15.1. The first-order chi connectivity index (χ1) is 28.4. The Hall–Kier alpha value is -4.15. The Morgan fingerprint density at radius 3 is 2.23 bits per heavy atom. The third kappa shape index (κ3) is 17.1. The molecule has 2 heterocycles. The van der Waals surface area contributed by atoms with Gasteiger partial charge >= 0.3 is 5.97 Å². The maximum absolute atomic E-state index is 13.1. The van der Waals surface area contributed by atoms with Crippen LogP contribution >= 0.6 is 0 Å². The Balaban J connectivity index is 2.11. The van der Waals surface area contributed by atoms with Crippen molar-refractivity contribution in [3.05, 3.63) is 120 Å². The normalized spacial score (nSPS) is 34.3. The summed E-state index contributed by atoms with van der Waals surface area (Å²) in [5, 5.41) is 53.5. The smallest absolute Gasteiger partial charge is 0.309 e. The quantitative estimate of drug-likeness (QED) is 0.0734. The third-order valence-corrected chi connectivity index (χ3v) is 10.4. The van der Waals surface area contributed by atoms with Crippen LogP contribution in [0.25, 0.3) is 0 Å². The molecule has 2 aliphatic heterocycles. The van der Waals surface area contributed by atoms with Crippen LogP contribution in [-0.4, -0.2) is 125 Å². The van der Waals surface area contributed by atoms with E-state index in [1.807, 2.05) is 0 Å². The minimum absolute atomic E-state index is 0.130. The Morgan fingerprint density at radius 2 is 1.55 bits per heavy atom. The first-order valence-electron chi connectivity index (χ1n) is 20.2. The summed E-state index contributed by atoms with van der Waals surface area (Å²) in [6.45, 7) is 11.8. The van der Waals surface area contributed by atoms with E-state index in [9.17, 15) is 39.9 Å². The van der Waals surface area contributed by atoms with Crippen LogP contribution in [0.15, 0.2) is 120 Å². The highest BCUT2D eigenvalue weighted by Crippen LogP contribution is 2.27. The molecule has 2 rings (SSSR count). The van der Waals surface area contributed by atoms with Crippen LogP contribution < -0.4 is 0 Å². The molecule has 0 saturated carbocycles. The molecule has 332 valence electrons. The Bertz CT molecular complexity index is 1700. The molecule has 0 spiro atoms. The van der Waals surface area contributed by atoms with Gasteiger partial charge in [-0.3, -0.25) is 14.4 Å². The molecule has 2 aliphatic rings. The van der Waals surface area contributed by atoms with Gasteiger partial charge in [0.05, 0.1) is 36.9 Å². The zero-order chi connectivity index (χ0) is 44.9. The van der Waals surface area contributed by atoms with Gasteiger partial charge in [0.15, 0.2) is 17.9 Å². The first-order valence-corrected chi connectivity index (χ1v) is 20.2. The molecule has 13 atom stereocenters. The zero-order valence-electron chi connectivity index (χ0n) is 36.2. The number of carbonyl (C=O) groups is 3. The number of aliphatic hydroxyl groups excluding tert-OH is 5. The molecule has 0 aromatic rings. The number of hydrogen-bond acceptors (Lipinski definition) is 13. The highest BCUT2D eigenvalue weighted by atomic mass is 16.7. The average Bonchev–Trinajstić information content (AvgIpc) is 3.21. The van der Waals surface area contributed by atoms with E-state index < -0.39 is 90.9 Å². The van der Waals surface area contributed by atoms with E-state index in [0.29, 0.717) is 16.7 Å². The Morgan fingerprint density at radius 1 is 0.883 bits per heavy atom. The highest BCUT2D eigenvalue weighted by Gasteiger charge is 2.45. The molecule has 5 N–H and O–H groups in total. The SMILES string of the molecule is CO[C@@H]1[C@H](O)[C@@H](OC)[C@H](OC(C)C(O)/C=C/C=C/C=C/C(=O)C(C)C(O)C(C)C2C\C=C/C=C/C=C/C(O)C(=O)/C(C)=C/C=C/C(C)=C/C(O)/C(C)=C/CC(=O)O2)O[C@@H]1C. The lowest BCUT2D eigenvalue weighted by Gasteiger charge is -2.43. The molecular formula is C47H66O13. The summed E-state index contributed by atoms with van der Waals surface area (Å²) in [4.78, 5) is 38.7. The number of aliphatic hydroxyl groups is 5. The van der Waals surface area contributed by atoms with Gasteiger partial charge in [-0.1, -0.05) is 104 Å². The Labute approximate surface area is 355 Å². The average molecular weight is 839 g/mol. The molecule has 0 radical (unpaired) electrons. The predicted molar refractivity (Wildman–Crippen MR) is 229 cm³/mol. The van der Waals surface area contributed by atoms with Crippen LogP contribution in [0, 0.1) is 11.8 Å². The van der Waals surface area contributed by atoms with Crippen LogP contribution in [0.5, 0.6) is 0 Å². The lowest BCUT2D eigenvalue weighted by Crippen LogP contribution is -2.59. The summed E-state index contributed by atoms with van der Waals surface area (Å²) < 4.78 is 28.2. The van der Waals surface area contributed by atoms with Crippen molar-refractivity contribution in [1.82, 2.24) is 0 Å². The van der Waals surface area contributed by atoms with Crippen molar-refractivity contribution in [3.8, 4) is 0 Å². The van der Waals surface area contributed by atoms with Crippen molar-refractivity contribution in [2.45, 2.75) is 129 Å². The number of hydrogen-bond donors (Lipinski definition) is 5. The lowest BCUT2D eigenvalue weighted by atomic mass is 9.85. The molecule has 60 heavy (non-hydrogen) atoms. The minimum Gasteiger partial charge on any atom is -0.461 e. The number of ketones is 2. The van der Waals surface area contributed by atoms with E-state index in [4.69, 9.17) is 23.7 Å². The molecular weight excluding hydrogens is 773 g/mol. The fraction of sp³-hybridized carbons (Fsp3) is 0.511. The van der Waals surface area contributed by atoms with Gasteiger partial charge in [-0.05, 0) is 64.0 Å². The summed E-state index contributed by atoms with van der Waals surface area (Å²) in [5.41, 5.74) is 1.59. The van der Waals surface area contributed by atoms with E-state index in [1.54, 1.807) is 121 Å². The van der Waals surface area contributed by atoms with Gasteiger partial charge in [0.1, 0.15) is 30.5 Å². The number of rotatable bonds is 13. The first kappa shape index (κ1) is 52.0. The lowest BCUT2D eigenvalue weighted by molar-refractivity contribution is -0.314. The molecule has 0 aliphatic carbocycles. The van der Waals surface area contributed by atoms with Gasteiger partial charge in [0.2, 0.25) is 0 Å². The summed E-state index contributed by atoms with van der Waals surface area (Å²) in [7, 11) is 2.90. The second-order valence-electron chi connectivity index (χ2n) is 15.1. The topological polar surface area (TPSA) is 199 Å². The summed E-state index contributed by atoms with van der Waals surface area (Å²) in [5.74, 6) is -2.90. The molecule has 0 bridgehead atoms. The third-order valence-electron chi connectivity index (χ3n) is 10.4. The molecule has 1 fully saturated rings. The number of ether oxygens (including phenoxy) is 5. The number of cyclic esters (lactones) is 1. The van der Waals surface area contributed by atoms with Crippen molar-refractivity contribution in [1.29, 1.82) is 0 Å². The van der Waals surface area contributed by atoms with E-state index in [-0.39, 0.29) is 18.6 Å². The summed E-state index contributed by atoms with van der Waals surface area (Å²) in [6, 6.07) is 0. The van der Waals surface area contributed by atoms with Crippen molar-refractivity contribution >= 4 is 17.5 Å². The number of carbonyl (C=O) groups excluding carboxylic acids is 3. The van der Waals surface area contributed by atoms with E-state index in [2.05, 4.69) is 0 Å². The predicted octanol–water partition coefficient (Wildman–Crippen LogP) is 4.82. The van der Waals surface area contributed by atoms with Crippen molar-refractivity contribution in [2.75, 3.05) is 14.2 Å². The van der Waals surface area contributed by atoms with Crippen LogP contribution in [0.4, 0.5) is 0 Å². The largest absolute Gasteiger partial charge is 0.461 e. The van der Waals surface area contributed by atoms with E-state index in [0.717, 1.165) is 0 Å². The van der Waals surface area contributed by atoms with Gasteiger partial charge in [-0.2, -0.15) is 0 Å². The molecule has 13 nitrogen and oxygen atoms in total. The fourth-order valence-electron chi connectivity index (χ4n) is 6.31. The van der Waals surface area contributed by atoms with Crippen LogP contribution in [0.1, 0.15) is 61.3 Å². The highest BCUT2D eigenvalue weighted by molar-refractivity contribution is 5.99. The Kier molecular flexibility index (Phi) is 23.3. The molecule has 0 aromatic carbocycles. The summed E-state index contributed by atoms with van der Waals surface area (Å²) >= 11 is 0. The van der Waals surface area contributed by atoms with Gasteiger partial charge in [0, 0.05) is 32.5 Å². The van der Waals surface area contributed by atoms with Crippen LogP contribution in [0.2, 0.25) is 0 Å². The van der Waals surface area contributed by atoms with E-state index in [1.165, 1.54) is 44.6 Å². The number of allylic oxidation sites excluding steroid dienone is 13. The minimum atomic E-state index is -1.33.